The lowest BCUT2D eigenvalue weighted by Gasteiger charge is -2.52. The number of carbonyl (C=O) groups excluding carboxylic acids is 1. The van der Waals surface area contributed by atoms with Gasteiger partial charge in [0.1, 0.15) is 0 Å². The Labute approximate surface area is 168 Å². The van der Waals surface area contributed by atoms with E-state index in [1.54, 1.807) is 0 Å². The summed E-state index contributed by atoms with van der Waals surface area (Å²) in [4.78, 5) is 15.9. The number of nitrogens with one attached hydrogen (secondary N) is 2. The van der Waals surface area contributed by atoms with Crippen molar-refractivity contribution in [2.24, 2.45) is 5.41 Å². The fourth-order valence-electron chi connectivity index (χ4n) is 6.45. The normalized spacial score (nSPS) is 45.1. The molecule has 0 aromatic rings. The third-order valence-corrected chi connectivity index (χ3v) is 8.28. The zero-order chi connectivity index (χ0) is 20.1. The van der Waals surface area contributed by atoms with E-state index >= 15 is 0 Å². The maximum absolute atomic E-state index is 13.8. The Balaban J connectivity index is 1.32. The molecular weight excluding hydrogens is 358 g/mol. The summed E-state index contributed by atoms with van der Waals surface area (Å²) in [6.07, 6.45) is 6.66. The highest BCUT2D eigenvalue weighted by Gasteiger charge is 2.63. The lowest BCUT2D eigenvalue weighted by molar-refractivity contribution is -0.179. The van der Waals surface area contributed by atoms with Crippen molar-refractivity contribution >= 4 is 5.91 Å². The summed E-state index contributed by atoms with van der Waals surface area (Å²) >= 11 is 0. The predicted octanol–water partition coefficient (Wildman–Crippen LogP) is 0.407. The molecule has 6 atom stereocenters. The monoisotopic (exact) mass is 394 g/mol. The van der Waals surface area contributed by atoms with Crippen molar-refractivity contribution < 1.29 is 20.7 Å². The van der Waals surface area contributed by atoms with Crippen molar-refractivity contribution in [2.45, 2.75) is 87.2 Å². The van der Waals surface area contributed by atoms with Crippen LogP contribution in [0.25, 0.3) is 0 Å². The van der Waals surface area contributed by atoms with Crippen LogP contribution in [0.5, 0.6) is 0 Å². The number of methoxy groups -OCH3 is 1. The number of hydrogen-bond donors (Lipinski definition) is 3. The van der Waals surface area contributed by atoms with E-state index in [0.29, 0.717) is 31.7 Å². The average molecular weight is 395 g/mol. The molecule has 5 rings (SSSR count). The van der Waals surface area contributed by atoms with E-state index in [1.165, 1.54) is 0 Å². The van der Waals surface area contributed by atoms with E-state index in [2.05, 4.69) is 15.5 Å². The smallest absolute Gasteiger partial charge is 0.232 e. The van der Waals surface area contributed by atoms with E-state index in [-0.39, 0.29) is 31.2 Å². The van der Waals surface area contributed by atoms with E-state index in [1.807, 2.05) is 0 Å². The van der Waals surface area contributed by atoms with Crippen LogP contribution in [0.15, 0.2) is 0 Å². The second-order valence-electron chi connectivity index (χ2n) is 9.70. The first-order chi connectivity index (χ1) is 14.0. The Morgan fingerprint density at radius 1 is 1.39 bits per heavy atom. The summed E-state index contributed by atoms with van der Waals surface area (Å²) in [6, 6.07) is 1.07. The quantitative estimate of drug-likeness (QED) is 0.626. The van der Waals surface area contributed by atoms with Gasteiger partial charge in [0.05, 0.1) is 25.1 Å². The molecule has 0 aromatic carbocycles. The number of ether oxygens (including phenoxy) is 2. The van der Waals surface area contributed by atoms with Crippen molar-refractivity contribution in [1.82, 2.24) is 15.5 Å². The standard InChI is InChI=1S/C21H35N3O4/c1-27-18-13-28-8-4-17(18)23-14-3-7-20(10-14,21(26)5-2-6-21)19(25)24-12-15-9-16(24)11-22-15/h14-18,22-23,26H,2-13H2,1H3/t14-,15+,16+,17+,18-,20-/m1/s1/i1D. The summed E-state index contributed by atoms with van der Waals surface area (Å²) in [5, 5.41) is 18.7. The highest BCUT2D eigenvalue weighted by atomic mass is 16.5. The Morgan fingerprint density at radius 2 is 2.29 bits per heavy atom. The van der Waals surface area contributed by atoms with Crippen molar-refractivity contribution in [3.63, 3.8) is 0 Å². The molecule has 3 saturated heterocycles. The third kappa shape index (κ3) is 2.93. The predicted molar refractivity (Wildman–Crippen MR) is 104 cm³/mol. The number of hydrogen-bond acceptors (Lipinski definition) is 6. The number of aliphatic hydroxyl groups is 1. The molecule has 3 heterocycles. The van der Waals surface area contributed by atoms with Crippen LogP contribution in [0, 0.1) is 5.41 Å². The summed E-state index contributed by atoms with van der Waals surface area (Å²) < 4.78 is 18.5. The van der Waals surface area contributed by atoms with Crippen LogP contribution in [0.4, 0.5) is 0 Å². The number of nitrogens with zero attached hydrogens (tertiary/aromatic N) is 1. The van der Waals surface area contributed by atoms with Crippen LogP contribution >= 0.6 is 0 Å². The molecule has 2 aliphatic carbocycles. The van der Waals surface area contributed by atoms with Gasteiger partial charge >= 0.3 is 0 Å². The summed E-state index contributed by atoms with van der Waals surface area (Å²) in [7, 11) is -0.0649. The lowest BCUT2D eigenvalue weighted by atomic mass is 9.59. The summed E-state index contributed by atoms with van der Waals surface area (Å²) in [6.45, 7) is 2.89. The molecule has 2 saturated carbocycles. The second kappa shape index (κ2) is 7.20. The molecule has 0 unspecified atom stereocenters. The van der Waals surface area contributed by atoms with Crippen molar-refractivity contribution in [2.75, 3.05) is 33.4 Å². The summed E-state index contributed by atoms with van der Waals surface area (Å²) in [5.41, 5.74) is -1.49. The largest absolute Gasteiger partial charge is 0.389 e. The van der Waals surface area contributed by atoms with Crippen LogP contribution in [-0.4, -0.2) is 85.2 Å². The molecule has 2 bridgehead atoms. The molecule has 7 heteroatoms. The number of carbonyl (C=O) groups is 1. The minimum atomic E-state index is -0.845. The van der Waals surface area contributed by atoms with Gasteiger partial charge in [0.15, 0.2) is 0 Å². The van der Waals surface area contributed by atoms with Crippen molar-refractivity contribution in [3.8, 4) is 0 Å². The highest BCUT2D eigenvalue weighted by molar-refractivity contribution is 5.85. The Kier molecular flexibility index (Phi) is 4.65. The number of amides is 1. The first-order valence-corrected chi connectivity index (χ1v) is 11.1. The molecule has 28 heavy (non-hydrogen) atoms. The lowest BCUT2D eigenvalue weighted by Crippen LogP contribution is -2.62. The van der Waals surface area contributed by atoms with Crippen LogP contribution in [0.1, 0.15) is 52.7 Å². The maximum atomic E-state index is 13.8. The van der Waals surface area contributed by atoms with Gasteiger partial charge in [-0.25, -0.2) is 0 Å². The van der Waals surface area contributed by atoms with E-state index in [0.717, 1.165) is 58.0 Å². The molecular formula is C21H35N3O4. The number of likely N-dealkylation sites (tertiary alicyclic amines) is 1. The minimum absolute atomic E-state index is 0.0649. The van der Waals surface area contributed by atoms with E-state index in [4.69, 9.17) is 10.8 Å². The number of rotatable bonds is 5. The fourth-order valence-corrected chi connectivity index (χ4v) is 6.45. The van der Waals surface area contributed by atoms with Gasteiger partial charge in [-0.2, -0.15) is 0 Å². The number of piperazine rings is 1. The Bertz CT molecular complexity index is 631. The van der Waals surface area contributed by atoms with Gasteiger partial charge in [-0.15, -0.1) is 0 Å². The van der Waals surface area contributed by atoms with Gasteiger partial charge in [0.25, 0.3) is 0 Å². The zero-order valence-corrected chi connectivity index (χ0v) is 16.7. The number of fused-ring (bicyclic) bond motifs is 2. The maximum Gasteiger partial charge on any atom is 0.232 e. The second-order valence-corrected chi connectivity index (χ2v) is 9.70. The van der Waals surface area contributed by atoms with Gasteiger partial charge in [-0.05, 0) is 51.4 Å². The van der Waals surface area contributed by atoms with Crippen molar-refractivity contribution in [3.05, 3.63) is 0 Å². The molecule has 1 amide bonds. The first kappa shape index (κ1) is 18.1. The topological polar surface area (TPSA) is 83.1 Å². The molecule has 5 aliphatic rings. The van der Waals surface area contributed by atoms with E-state index in [9.17, 15) is 9.90 Å². The van der Waals surface area contributed by atoms with Crippen molar-refractivity contribution in [1.29, 1.82) is 0 Å². The van der Waals surface area contributed by atoms with Crippen LogP contribution in [-0.2, 0) is 14.3 Å². The average Bonchev–Trinajstić information content (AvgIpc) is 3.43. The highest BCUT2D eigenvalue weighted by Crippen LogP contribution is 2.56. The van der Waals surface area contributed by atoms with Gasteiger partial charge in [0.2, 0.25) is 5.91 Å². The molecule has 0 aromatic heterocycles. The molecule has 7 nitrogen and oxygen atoms in total. The molecule has 0 radical (unpaired) electrons. The molecule has 3 N–H and O–H groups in total. The summed E-state index contributed by atoms with van der Waals surface area (Å²) in [5.74, 6) is 0.198. The van der Waals surface area contributed by atoms with E-state index < -0.39 is 11.0 Å². The fraction of sp³-hybridized carbons (Fsp3) is 0.952. The molecule has 0 spiro atoms. The van der Waals surface area contributed by atoms with Gasteiger partial charge in [0, 0.05) is 50.9 Å². The Morgan fingerprint density at radius 3 is 2.96 bits per heavy atom. The van der Waals surface area contributed by atoms with Gasteiger partial charge in [-0.3, -0.25) is 4.79 Å². The van der Waals surface area contributed by atoms with Gasteiger partial charge in [-0.1, -0.05) is 0 Å². The first-order valence-electron chi connectivity index (χ1n) is 11.8. The molecule has 3 aliphatic heterocycles. The molecule has 5 fully saturated rings. The minimum Gasteiger partial charge on any atom is -0.389 e. The SMILES string of the molecule is [2H]CO[C@@H]1COCC[C@@H]1N[C@@H]1CC[C@@](C(=O)N2C[C@@H]3C[C@H]2CN3)(C2(O)CCC2)C1. The Hall–Kier alpha value is -0.730. The van der Waals surface area contributed by atoms with Gasteiger partial charge < -0.3 is 30.1 Å². The molecule has 158 valence electrons. The van der Waals surface area contributed by atoms with Crippen LogP contribution in [0.2, 0.25) is 0 Å². The van der Waals surface area contributed by atoms with Crippen LogP contribution < -0.4 is 10.6 Å². The zero-order valence-electron chi connectivity index (χ0n) is 17.7. The third-order valence-electron chi connectivity index (χ3n) is 8.28. The van der Waals surface area contributed by atoms with Crippen LogP contribution in [0.3, 0.4) is 0 Å².